The lowest BCUT2D eigenvalue weighted by Crippen LogP contribution is -2.45. The highest BCUT2D eigenvalue weighted by Crippen LogP contribution is 2.51. The van der Waals surface area contributed by atoms with Crippen molar-refractivity contribution in [2.45, 2.75) is 49.0 Å². The van der Waals surface area contributed by atoms with Crippen molar-refractivity contribution >= 4 is 27.4 Å². The number of anilines is 2. The molecule has 1 heterocycles. The number of aliphatic hydroxyl groups excluding tert-OH is 1. The molecule has 4 atom stereocenters. The average molecular weight is 495 g/mol. The summed E-state index contributed by atoms with van der Waals surface area (Å²) in [6.45, 7) is 0. The molecule has 2 aromatic rings. The number of benzene rings is 2. The Balaban J connectivity index is 1.44. The highest BCUT2D eigenvalue weighted by Gasteiger charge is 2.50. The standard InChI is InChI=1S/C27H30N2O5S/c28-19-12-14-21(15-13-19)35(32,33)29-20-7-5-6-18(16-20)24(17-10-11-17)25-26(30)22-8-3-1-2-4-9-23(22)34-27(25)31/h2,4-7,9,12-17,22,24-26,29-30H,1,3,8,10-11,28H2. The first-order valence-corrected chi connectivity index (χ1v) is 13.6. The summed E-state index contributed by atoms with van der Waals surface area (Å²) in [5.74, 6) is -0.813. The summed E-state index contributed by atoms with van der Waals surface area (Å²) in [5, 5.41) is 11.4. The fourth-order valence-corrected chi connectivity index (χ4v) is 6.31. The van der Waals surface area contributed by atoms with E-state index in [2.05, 4.69) is 4.72 Å². The van der Waals surface area contributed by atoms with Gasteiger partial charge in [0.2, 0.25) is 0 Å². The summed E-state index contributed by atoms with van der Waals surface area (Å²) in [5.41, 5.74) is 7.39. The normalized spacial score (nSPS) is 25.5. The van der Waals surface area contributed by atoms with Crippen LogP contribution in [0.1, 0.15) is 43.6 Å². The molecule has 2 fully saturated rings. The zero-order chi connectivity index (χ0) is 24.6. The van der Waals surface area contributed by atoms with E-state index in [-0.39, 0.29) is 22.6 Å². The third kappa shape index (κ3) is 4.99. The van der Waals surface area contributed by atoms with Crippen LogP contribution < -0.4 is 10.5 Å². The molecule has 184 valence electrons. The number of nitrogens with one attached hydrogen (secondary N) is 1. The maximum Gasteiger partial charge on any atom is 0.317 e. The lowest BCUT2D eigenvalue weighted by molar-refractivity contribution is -0.160. The molecule has 4 unspecified atom stereocenters. The monoisotopic (exact) mass is 494 g/mol. The number of hydrogen-bond donors (Lipinski definition) is 3. The number of ether oxygens (including phenoxy) is 1. The Morgan fingerprint density at radius 2 is 1.86 bits per heavy atom. The Morgan fingerprint density at radius 1 is 1.09 bits per heavy atom. The van der Waals surface area contributed by atoms with Gasteiger partial charge in [0, 0.05) is 23.2 Å². The molecule has 3 aliphatic rings. The van der Waals surface area contributed by atoms with Gasteiger partial charge in [0.05, 0.1) is 16.9 Å². The molecule has 4 N–H and O–H groups in total. The molecule has 0 aromatic heterocycles. The van der Waals surface area contributed by atoms with Gasteiger partial charge in [-0.3, -0.25) is 9.52 Å². The Morgan fingerprint density at radius 3 is 2.60 bits per heavy atom. The van der Waals surface area contributed by atoms with E-state index in [4.69, 9.17) is 10.5 Å². The Hall–Kier alpha value is -3.10. The Kier molecular flexibility index (Phi) is 6.42. The van der Waals surface area contributed by atoms with Gasteiger partial charge in [-0.05, 0) is 86.1 Å². The molecular formula is C27H30N2O5S. The molecule has 1 aliphatic heterocycles. The van der Waals surface area contributed by atoms with Gasteiger partial charge < -0.3 is 15.6 Å². The first-order valence-electron chi connectivity index (χ1n) is 12.1. The second-order valence-corrected chi connectivity index (χ2v) is 11.3. The fourth-order valence-electron chi connectivity index (χ4n) is 5.26. The lowest BCUT2D eigenvalue weighted by Gasteiger charge is -2.39. The second-order valence-electron chi connectivity index (χ2n) is 9.64. The van der Waals surface area contributed by atoms with Gasteiger partial charge >= 0.3 is 5.97 Å². The van der Waals surface area contributed by atoms with Gasteiger partial charge in [0.1, 0.15) is 5.76 Å². The minimum atomic E-state index is -3.81. The van der Waals surface area contributed by atoms with Crippen LogP contribution in [0.2, 0.25) is 0 Å². The summed E-state index contributed by atoms with van der Waals surface area (Å²) in [4.78, 5) is 13.3. The van der Waals surface area contributed by atoms with E-state index in [0.717, 1.165) is 37.7 Å². The number of fused-ring (bicyclic) bond motifs is 1. The first-order chi connectivity index (χ1) is 16.8. The lowest BCUT2D eigenvalue weighted by atomic mass is 9.72. The van der Waals surface area contributed by atoms with E-state index in [1.165, 1.54) is 24.3 Å². The van der Waals surface area contributed by atoms with Crippen LogP contribution in [0.25, 0.3) is 0 Å². The molecule has 2 aliphatic carbocycles. The number of esters is 1. The highest BCUT2D eigenvalue weighted by atomic mass is 32.2. The predicted molar refractivity (Wildman–Crippen MR) is 134 cm³/mol. The molecule has 2 aromatic carbocycles. The molecule has 0 bridgehead atoms. The topological polar surface area (TPSA) is 119 Å². The zero-order valence-corrected chi connectivity index (χ0v) is 20.2. The van der Waals surface area contributed by atoms with E-state index in [1.54, 1.807) is 24.3 Å². The Labute approximate surface area is 205 Å². The van der Waals surface area contributed by atoms with Crippen molar-refractivity contribution < 1.29 is 23.1 Å². The van der Waals surface area contributed by atoms with E-state index in [1.807, 2.05) is 18.2 Å². The van der Waals surface area contributed by atoms with Crippen LogP contribution in [0.4, 0.5) is 11.4 Å². The molecule has 35 heavy (non-hydrogen) atoms. The average Bonchev–Trinajstić information content (AvgIpc) is 3.63. The number of rotatable bonds is 6. The molecule has 0 amide bonds. The number of nitrogens with two attached hydrogens (primary N) is 1. The summed E-state index contributed by atoms with van der Waals surface area (Å²) in [7, 11) is -3.81. The minimum absolute atomic E-state index is 0.111. The minimum Gasteiger partial charge on any atom is -0.430 e. The summed E-state index contributed by atoms with van der Waals surface area (Å²) >= 11 is 0. The van der Waals surface area contributed by atoms with Crippen molar-refractivity contribution in [3.05, 3.63) is 78.1 Å². The smallest absolute Gasteiger partial charge is 0.317 e. The number of allylic oxidation sites excluding steroid dienone is 3. The van der Waals surface area contributed by atoms with Gasteiger partial charge in [-0.2, -0.15) is 0 Å². The van der Waals surface area contributed by atoms with Crippen molar-refractivity contribution in [3.8, 4) is 0 Å². The van der Waals surface area contributed by atoms with Crippen LogP contribution in [-0.2, 0) is 19.6 Å². The molecule has 8 heteroatoms. The first kappa shape index (κ1) is 23.6. The van der Waals surface area contributed by atoms with Crippen LogP contribution in [0.5, 0.6) is 0 Å². The summed E-state index contributed by atoms with van der Waals surface area (Å²) < 4.78 is 34.2. The molecule has 1 saturated heterocycles. The number of aliphatic hydroxyl groups is 1. The van der Waals surface area contributed by atoms with E-state index < -0.39 is 28.0 Å². The zero-order valence-electron chi connectivity index (χ0n) is 19.3. The van der Waals surface area contributed by atoms with Gasteiger partial charge in [0.15, 0.2) is 0 Å². The van der Waals surface area contributed by atoms with Crippen molar-refractivity contribution in [1.29, 1.82) is 0 Å². The summed E-state index contributed by atoms with van der Waals surface area (Å²) in [6.07, 6.45) is 9.37. The third-order valence-electron chi connectivity index (χ3n) is 7.15. The highest BCUT2D eigenvalue weighted by molar-refractivity contribution is 7.92. The number of hydrogen-bond acceptors (Lipinski definition) is 6. The maximum absolute atomic E-state index is 13.2. The largest absolute Gasteiger partial charge is 0.430 e. The number of carbonyl (C=O) groups is 1. The van der Waals surface area contributed by atoms with Crippen LogP contribution in [0.15, 0.2) is 77.4 Å². The van der Waals surface area contributed by atoms with Gasteiger partial charge in [-0.1, -0.05) is 24.3 Å². The van der Waals surface area contributed by atoms with Gasteiger partial charge in [0.25, 0.3) is 10.0 Å². The Bertz CT molecular complexity index is 1260. The van der Waals surface area contributed by atoms with Crippen molar-refractivity contribution in [2.24, 2.45) is 17.8 Å². The number of sulfonamides is 1. The molecule has 0 spiro atoms. The van der Waals surface area contributed by atoms with E-state index >= 15 is 0 Å². The third-order valence-corrected chi connectivity index (χ3v) is 8.55. The molecular weight excluding hydrogens is 464 g/mol. The van der Waals surface area contributed by atoms with Crippen LogP contribution in [0.3, 0.4) is 0 Å². The quantitative estimate of drug-likeness (QED) is 0.406. The number of nitrogen functional groups attached to an aromatic ring is 1. The SMILES string of the molecule is Nc1ccc(S(=O)(=O)Nc2cccc(C(C3CC3)C3C(=O)OC4=CC=CCCCC4C3O)c2)cc1. The van der Waals surface area contributed by atoms with Crippen molar-refractivity contribution in [2.75, 3.05) is 10.5 Å². The molecule has 1 saturated carbocycles. The van der Waals surface area contributed by atoms with Crippen LogP contribution >= 0.6 is 0 Å². The van der Waals surface area contributed by atoms with Gasteiger partial charge in [-0.25, -0.2) is 8.42 Å². The van der Waals surface area contributed by atoms with Crippen LogP contribution in [0, 0.1) is 17.8 Å². The predicted octanol–water partition coefficient (Wildman–Crippen LogP) is 4.34. The molecule has 7 nitrogen and oxygen atoms in total. The maximum atomic E-state index is 13.2. The summed E-state index contributed by atoms with van der Waals surface area (Å²) in [6, 6.07) is 13.1. The van der Waals surface area contributed by atoms with E-state index in [9.17, 15) is 18.3 Å². The molecule has 0 radical (unpaired) electrons. The van der Waals surface area contributed by atoms with Crippen LogP contribution in [-0.4, -0.2) is 25.6 Å². The molecule has 5 rings (SSSR count). The van der Waals surface area contributed by atoms with Gasteiger partial charge in [-0.15, -0.1) is 0 Å². The van der Waals surface area contributed by atoms with Crippen molar-refractivity contribution in [3.63, 3.8) is 0 Å². The fraction of sp³-hybridized carbons (Fsp3) is 0.370. The van der Waals surface area contributed by atoms with E-state index in [0.29, 0.717) is 17.1 Å². The van der Waals surface area contributed by atoms with Crippen molar-refractivity contribution in [1.82, 2.24) is 0 Å². The second kappa shape index (κ2) is 9.51. The number of carbonyl (C=O) groups excluding carboxylic acids is 1.